The zero-order valence-electron chi connectivity index (χ0n) is 14.2. The monoisotopic (exact) mass is 346 g/mol. The van der Waals surface area contributed by atoms with Gasteiger partial charge in [0.1, 0.15) is 12.3 Å². The summed E-state index contributed by atoms with van der Waals surface area (Å²) in [5, 5.41) is 0. The van der Waals surface area contributed by atoms with Crippen LogP contribution in [0, 0.1) is 11.8 Å². The number of allylic oxidation sites excluding steroid dienone is 2. The maximum absolute atomic E-state index is 12.7. The number of likely N-dealkylation sites (tertiary alicyclic amines) is 1. The van der Waals surface area contributed by atoms with Crippen molar-refractivity contribution in [2.45, 2.75) is 19.4 Å². The second kappa shape index (κ2) is 7.65. The van der Waals surface area contributed by atoms with Gasteiger partial charge in [-0.1, -0.05) is 12.2 Å². The van der Waals surface area contributed by atoms with Crippen LogP contribution >= 0.6 is 0 Å². The van der Waals surface area contributed by atoms with E-state index in [1.165, 1.54) is 0 Å². The summed E-state index contributed by atoms with van der Waals surface area (Å²) in [6.07, 6.45) is 6.54. The van der Waals surface area contributed by atoms with Gasteiger partial charge in [0.25, 0.3) is 0 Å². The van der Waals surface area contributed by atoms with E-state index in [1.807, 2.05) is 12.2 Å². The topological polar surface area (TPSA) is 80.1 Å². The molecule has 2 aliphatic rings. The maximum atomic E-state index is 12.7. The number of hydrogen-bond acceptors (Lipinski definition) is 5. The average Bonchev–Trinajstić information content (AvgIpc) is 3.22. The molecule has 0 N–H and O–H groups in total. The SMILES string of the molecule is COCCN(Cc1ccco1)C(=O)CN1C(=O)C2CC=CCC2C1=O. The molecule has 1 aromatic rings. The number of methoxy groups -OCH3 is 1. The Morgan fingerprint density at radius 3 is 2.52 bits per heavy atom. The third-order valence-corrected chi connectivity index (χ3v) is 4.74. The summed E-state index contributed by atoms with van der Waals surface area (Å²) in [5.41, 5.74) is 0. The Balaban J connectivity index is 1.67. The van der Waals surface area contributed by atoms with E-state index in [1.54, 1.807) is 30.4 Å². The van der Waals surface area contributed by atoms with Gasteiger partial charge in [-0.3, -0.25) is 19.3 Å². The van der Waals surface area contributed by atoms with E-state index in [0.717, 1.165) is 4.90 Å². The van der Waals surface area contributed by atoms with Crippen molar-refractivity contribution >= 4 is 17.7 Å². The molecule has 2 atom stereocenters. The minimum Gasteiger partial charge on any atom is -0.467 e. The van der Waals surface area contributed by atoms with Crippen molar-refractivity contribution in [3.63, 3.8) is 0 Å². The van der Waals surface area contributed by atoms with Crippen LogP contribution in [-0.4, -0.2) is 54.3 Å². The summed E-state index contributed by atoms with van der Waals surface area (Å²) in [6, 6.07) is 3.53. The van der Waals surface area contributed by atoms with Gasteiger partial charge in [0.05, 0.1) is 31.3 Å². The largest absolute Gasteiger partial charge is 0.467 e. The van der Waals surface area contributed by atoms with Gasteiger partial charge >= 0.3 is 0 Å². The Bertz CT molecular complexity index is 641. The Morgan fingerprint density at radius 2 is 1.96 bits per heavy atom. The van der Waals surface area contributed by atoms with Crippen LogP contribution in [0.1, 0.15) is 18.6 Å². The summed E-state index contributed by atoms with van der Waals surface area (Å²) in [7, 11) is 1.56. The van der Waals surface area contributed by atoms with E-state index in [-0.39, 0.29) is 42.6 Å². The first-order valence-electron chi connectivity index (χ1n) is 8.41. The first kappa shape index (κ1) is 17.4. The molecule has 0 saturated carbocycles. The van der Waals surface area contributed by atoms with Crippen molar-refractivity contribution in [3.05, 3.63) is 36.3 Å². The number of carbonyl (C=O) groups excluding carboxylic acids is 3. The van der Waals surface area contributed by atoms with Crippen LogP contribution in [0.15, 0.2) is 35.0 Å². The number of rotatable bonds is 7. The van der Waals surface area contributed by atoms with Gasteiger partial charge < -0.3 is 14.1 Å². The van der Waals surface area contributed by atoms with Crippen LogP contribution < -0.4 is 0 Å². The van der Waals surface area contributed by atoms with Gasteiger partial charge in [0, 0.05) is 13.7 Å². The standard InChI is InChI=1S/C18H22N2O5/c1-24-10-8-19(11-13-5-4-9-25-13)16(21)12-20-17(22)14-6-2-3-7-15(14)18(20)23/h2-5,9,14-15H,6-8,10-12H2,1H3. The van der Waals surface area contributed by atoms with Gasteiger partial charge in [0.2, 0.25) is 17.7 Å². The van der Waals surface area contributed by atoms with Gasteiger partial charge in [-0.2, -0.15) is 0 Å². The van der Waals surface area contributed by atoms with Crippen molar-refractivity contribution in [3.8, 4) is 0 Å². The molecule has 1 fully saturated rings. The third-order valence-electron chi connectivity index (χ3n) is 4.74. The number of nitrogens with zero attached hydrogens (tertiary/aromatic N) is 2. The molecule has 2 unspecified atom stereocenters. The van der Waals surface area contributed by atoms with Crippen molar-refractivity contribution in [1.82, 2.24) is 9.80 Å². The highest BCUT2D eigenvalue weighted by atomic mass is 16.5. The van der Waals surface area contributed by atoms with Crippen molar-refractivity contribution in [2.75, 3.05) is 26.8 Å². The molecule has 25 heavy (non-hydrogen) atoms. The number of ether oxygens (including phenoxy) is 1. The van der Waals surface area contributed by atoms with Crippen molar-refractivity contribution in [1.29, 1.82) is 0 Å². The quantitative estimate of drug-likeness (QED) is 0.548. The lowest BCUT2D eigenvalue weighted by Gasteiger charge is -2.24. The first-order valence-corrected chi connectivity index (χ1v) is 8.41. The Labute approximate surface area is 146 Å². The molecule has 1 aliphatic heterocycles. The molecular formula is C18H22N2O5. The molecular weight excluding hydrogens is 324 g/mol. The predicted molar refractivity (Wildman–Crippen MR) is 88.1 cm³/mol. The number of carbonyl (C=O) groups is 3. The number of amides is 3. The van der Waals surface area contributed by atoms with Crippen molar-refractivity contribution in [2.24, 2.45) is 11.8 Å². The van der Waals surface area contributed by atoms with Gasteiger partial charge in [0.15, 0.2) is 0 Å². The second-order valence-electron chi connectivity index (χ2n) is 6.31. The molecule has 1 saturated heterocycles. The van der Waals surface area contributed by atoms with E-state index in [4.69, 9.17) is 9.15 Å². The van der Waals surface area contributed by atoms with Crippen LogP contribution in [-0.2, 0) is 25.7 Å². The molecule has 134 valence electrons. The van der Waals surface area contributed by atoms with Crippen molar-refractivity contribution < 1.29 is 23.5 Å². The predicted octanol–water partition coefficient (Wildman–Crippen LogP) is 1.21. The molecule has 1 aliphatic carbocycles. The number of furan rings is 1. The second-order valence-corrected chi connectivity index (χ2v) is 6.31. The molecule has 3 amide bonds. The van der Waals surface area contributed by atoms with Crippen LogP contribution in [0.4, 0.5) is 0 Å². The number of fused-ring (bicyclic) bond motifs is 1. The summed E-state index contributed by atoms with van der Waals surface area (Å²) in [5.74, 6) is -0.761. The molecule has 0 bridgehead atoms. The minimum atomic E-state index is -0.317. The molecule has 2 heterocycles. The minimum absolute atomic E-state index is 0.227. The van der Waals surface area contributed by atoms with E-state index < -0.39 is 0 Å². The van der Waals surface area contributed by atoms with E-state index in [0.29, 0.717) is 31.8 Å². The van der Waals surface area contributed by atoms with E-state index in [9.17, 15) is 14.4 Å². The zero-order chi connectivity index (χ0) is 17.8. The lowest BCUT2D eigenvalue weighted by molar-refractivity contribution is -0.147. The van der Waals surface area contributed by atoms with Crippen LogP contribution in [0.25, 0.3) is 0 Å². The smallest absolute Gasteiger partial charge is 0.243 e. The average molecular weight is 346 g/mol. The Kier molecular flexibility index (Phi) is 5.33. The summed E-state index contributed by atoms with van der Waals surface area (Å²) in [6.45, 7) is 0.777. The van der Waals surface area contributed by atoms with Gasteiger partial charge in [-0.15, -0.1) is 0 Å². The zero-order valence-corrected chi connectivity index (χ0v) is 14.2. The number of imide groups is 1. The highest BCUT2D eigenvalue weighted by Gasteiger charge is 2.47. The fourth-order valence-electron chi connectivity index (χ4n) is 3.34. The van der Waals surface area contributed by atoms with Crippen LogP contribution in [0.5, 0.6) is 0 Å². The fraction of sp³-hybridized carbons (Fsp3) is 0.500. The highest BCUT2D eigenvalue weighted by molar-refractivity contribution is 6.07. The van der Waals surface area contributed by atoms with Crippen LogP contribution in [0.2, 0.25) is 0 Å². The summed E-state index contributed by atoms with van der Waals surface area (Å²) < 4.78 is 10.3. The molecule has 7 heteroatoms. The maximum Gasteiger partial charge on any atom is 0.243 e. The van der Waals surface area contributed by atoms with Gasteiger partial charge in [-0.25, -0.2) is 0 Å². The molecule has 0 spiro atoms. The van der Waals surface area contributed by atoms with E-state index in [2.05, 4.69) is 0 Å². The summed E-state index contributed by atoms with van der Waals surface area (Å²) >= 11 is 0. The van der Waals surface area contributed by atoms with E-state index >= 15 is 0 Å². The highest BCUT2D eigenvalue weighted by Crippen LogP contribution is 2.34. The number of hydrogen-bond donors (Lipinski definition) is 0. The normalized spacial score (nSPS) is 22.4. The lowest BCUT2D eigenvalue weighted by Crippen LogP contribution is -2.44. The fourth-order valence-corrected chi connectivity index (χ4v) is 3.34. The Morgan fingerprint density at radius 1 is 1.28 bits per heavy atom. The summed E-state index contributed by atoms with van der Waals surface area (Å²) in [4.78, 5) is 40.4. The molecule has 0 radical (unpaired) electrons. The van der Waals surface area contributed by atoms with Crippen LogP contribution in [0.3, 0.4) is 0 Å². The molecule has 1 aromatic heterocycles. The Hall–Kier alpha value is -2.41. The third kappa shape index (κ3) is 3.66. The molecule has 3 rings (SSSR count). The molecule has 0 aromatic carbocycles. The first-order chi connectivity index (χ1) is 12.1. The lowest BCUT2D eigenvalue weighted by atomic mass is 9.85. The van der Waals surface area contributed by atoms with Gasteiger partial charge in [-0.05, 0) is 25.0 Å². The molecule has 7 nitrogen and oxygen atoms in total.